The highest BCUT2D eigenvalue weighted by atomic mass is 79.9. The van der Waals surface area contributed by atoms with Crippen LogP contribution < -0.4 is 5.32 Å². The van der Waals surface area contributed by atoms with Gasteiger partial charge in [0.2, 0.25) is 0 Å². The van der Waals surface area contributed by atoms with Crippen LogP contribution in [0.15, 0.2) is 28.7 Å². The maximum Gasteiger partial charge on any atom is 0.0470 e. The number of rotatable bonds is 1. The number of likely N-dealkylation sites (N-methyl/N-ethyl adjacent to an activating group) is 1. The van der Waals surface area contributed by atoms with Crippen LogP contribution in [-0.4, -0.2) is 31.6 Å². The van der Waals surface area contributed by atoms with Crippen LogP contribution >= 0.6 is 15.9 Å². The highest BCUT2D eigenvalue weighted by Gasteiger charge is 2.19. The summed E-state index contributed by atoms with van der Waals surface area (Å²) in [5.74, 6) is 0. The fraction of sp³-hybridized carbons (Fsp3) is 0.455. The summed E-state index contributed by atoms with van der Waals surface area (Å²) in [5, 5.41) is 3.43. The van der Waals surface area contributed by atoms with Crippen molar-refractivity contribution in [2.24, 2.45) is 0 Å². The fourth-order valence-corrected chi connectivity index (χ4v) is 2.31. The molecule has 1 aromatic carbocycles. The van der Waals surface area contributed by atoms with Crippen LogP contribution in [-0.2, 0) is 0 Å². The molecule has 1 heterocycles. The van der Waals surface area contributed by atoms with Crippen LogP contribution in [0, 0.1) is 0 Å². The number of piperazine rings is 1. The van der Waals surface area contributed by atoms with E-state index in [2.05, 4.69) is 57.5 Å². The van der Waals surface area contributed by atoms with Crippen molar-refractivity contribution in [3.05, 3.63) is 34.3 Å². The zero-order chi connectivity index (χ0) is 9.97. The van der Waals surface area contributed by atoms with Crippen molar-refractivity contribution in [1.29, 1.82) is 0 Å². The molecule has 1 unspecified atom stereocenters. The van der Waals surface area contributed by atoms with E-state index in [1.807, 2.05) is 0 Å². The number of hydrogen-bond donors (Lipinski definition) is 1. The Morgan fingerprint density at radius 3 is 3.07 bits per heavy atom. The Morgan fingerprint density at radius 1 is 1.50 bits per heavy atom. The van der Waals surface area contributed by atoms with E-state index in [4.69, 9.17) is 0 Å². The first-order valence-electron chi connectivity index (χ1n) is 4.94. The lowest BCUT2D eigenvalue weighted by Crippen LogP contribution is -2.43. The summed E-state index contributed by atoms with van der Waals surface area (Å²) in [5.41, 5.74) is 1.38. The molecule has 0 aromatic heterocycles. The summed E-state index contributed by atoms with van der Waals surface area (Å²) in [6.07, 6.45) is 0. The standard InChI is InChI=1S/C11H15BrN2/c1-14-6-5-13-8-11(14)9-3-2-4-10(12)7-9/h2-4,7,11,13H,5-6,8H2,1H3. The van der Waals surface area contributed by atoms with Gasteiger partial charge in [-0.25, -0.2) is 0 Å². The van der Waals surface area contributed by atoms with Crippen LogP contribution in [0.2, 0.25) is 0 Å². The van der Waals surface area contributed by atoms with Crippen molar-refractivity contribution in [3.8, 4) is 0 Å². The van der Waals surface area contributed by atoms with Gasteiger partial charge in [-0.2, -0.15) is 0 Å². The van der Waals surface area contributed by atoms with Crippen molar-refractivity contribution in [2.45, 2.75) is 6.04 Å². The summed E-state index contributed by atoms with van der Waals surface area (Å²) in [7, 11) is 2.19. The Hall–Kier alpha value is -0.380. The third-order valence-electron chi connectivity index (χ3n) is 2.74. The average Bonchev–Trinajstić information content (AvgIpc) is 2.18. The lowest BCUT2D eigenvalue weighted by atomic mass is 10.0. The van der Waals surface area contributed by atoms with Gasteiger partial charge in [0.1, 0.15) is 0 Å². The molecule has 0 radical (unpaired) electrons. The van der Waals surface area contributed by atoms with Crippen LogP contribution in [0.25, 0.3) is 0 Å². The smallest absolute Gasteiger partial charge is 0.0470 e. The van der Waals surface area contributed by atoms with Gasteiger partial charge in [-0.1, -0.05) is 28.1 Å². The minimum atomic E-state index is 0.515. The molecule has 0 saturated carbocycles. The van der Waals surface area contributed by atoms with Gasteiger partial charge in [-0.15, -0.1) is 0 Å². The molecule has 2 rings (SSSR count). The van der Waals surface area contributed by atoms with E-state index in [-0.39, 0.29) is 0 Å². The Morgan fingerprint density at radius 2 is 2.36 bits per heavy atom. The second-order valence-electron chi connectivity index (χ2n) is 3.76. The highest BCUT2D eigenvalue weighted by molar-refractivity contribution is 9.10. The minimum absolute atomic E-state index is 0.515. The molecule has 14 heavy (non-hydrogen) atoms. The molecule has 2 nitrogen and oxygen atoms in total. The van der Waals surface area contributed by atoms with Crippen LogP contribution in [0.1, 0.15) is 11.6 Å². The van der Waals surface area contributed by atoms with E-state index in [0.29, 0.717) is 6.04 Å². The first-order valence-corrected chi connectivity index (χ1v) is 5.73. The summed E-state index contributed by atoms with van der Waals surface area (Å²) in [6.45, 7) is 3.27. The summed E-state index contributed by atoms with van der Waals surface area (Å²) < 4.78 is 1.16. The maximum atomic E-state index is 3.51. The molecule has 1 N–H and O–H groups in total. The largest absolute Gasteiger partial charge is 0.314 e. The molecule has 0 aliphatic carbocycles. The zero-order valence-electron chi connectivity index (χ0n) is 8.33. The molecule has 0 spiro atoms. The van der Waals surface area contributed by atoms with E-state index in [0.717, 1.165) is 24.1 Å². The van der Waals surface area contributed by atoms with Crippen molar-refractivity contribution in [1.82, 2.24) is 10.2 Å². The predicted octanol–water partition coefficient (Wildman–Crippen LogP) is 2.03. The lowest BCUT2D eigenvalue weighted by molar-refractivity contribution is 0.202. The van der Waals surface area contributed by atoms with Crippen LogP contribution in [0.4, 0.5) is 0 Å². The first-order chi connectivity index (χ1) is 6.77. The summed E-state index contributed by atoms with van der Waals surface area (Å²) in [6, 6.07) is 9.08. The van der Waals surface area contributed by atoms with Gasteiger partial charge in [0.15, 0.2) is 0 Å². The highest BCUT2D eigenvalue weighted by Crippen LogP contribution is 2.23. The Balaban J connectivity index is 2.20. The van der Waals surface area contributed by atoms with Gasteiger partial charge in [-0.05, 0) is 24.7 Å². The molecule has 76 valence electrons. The van der Waals surface area contributed by atoms with Gasteiger partial charge in [0.25, 0.3) is 0 Å². The average molecular weight is 255 g/mol. The molecule has 1 aromatic rings. The fourth-order valence-electron chi connectivity index (χ4n) is 1.89. The van der Waals surface area contributed by atoms with Crippen molar-refractivity contribution < 1.29 is 0 Å². The zero-order valence-corrected chi connectivity index (χ0v) is 9.92. The molecular formula is C11H15BrN2. The molecule has 1 aliphatic heterocycles. The van der Waals surface area contributed by atoms with Crippen molar-refractivity contribution in [3.63, 3.8) is 0 Å². The van der Waals surface area contributed by atoms with Crippen molar-refractivity contribution in [2.75, 3.05) is 26.7 Å². The molecule has 0 amide bonds. The van der Waals surface area contributed by atoms with E-state index >= 15 is 0 Å². The molecule has 1 fully saturated rings. The molecule has 3 heteroatoms. The van der Waals surface area contributed by atoms with E-state index in [9.17, 15) is 0 Å². The number of nitrogens with one attached hydrogen (secondary N) is 1. The Labute approximate surface area is 93.4 Å². The molecular weight excluding hydrogens is 240 g/mol. The van der Waals surface area contributed by atoms with Gasteiger partial charge in [-0.3, -0.25) is 4.90 Å². The van der Waals surface area contributed by atoms with Gasteiger partial charge >= 0.3 is 0 Å². The van der Waals surface area contributed by atoms with Gasteiger partial charge < -0.3 is 5.32 Å². The molecule has 1 atom stereocenters. The maximum absolute atomic E-state index is 3.51. The molecule has 0 bridgehead atoms. The van der Waals surface area contributed by atoms with Crippen LogP contribution in [0.3, 0.4) is 0 Å². The number of halogens is 1. The SMILES string of the molecule is CN1CCNCC1c1cccc(Br)c1. The van der Waals surface area contributed by atoms with Crippen molar-refractivity contribution >= 4 is 15.9 Å². The first kappa shape index (κ1) is 10.1. The third kappa shape index (κ3) is 2.16. The molecule has 1 saturated heterocycles. The van der Waals surface area contributed by atoms with Gasteiger partial charge in [0.05, 0.1) is 0 Å². The summed E-state index contributed by atoms with van der Waals surface area (Å²) in [4.78, 5) is 2.40. The second kappa shape index (κ2) is 4.43. The summed E-state index contributed by atoms with van der Waals surface area (Å²) >= 11 is 3.51. The normalized spacial score (nSPS) is 23.7. The number of benzene rings is 1. The number of hydrogen-bond acceptors (Lipinski definition) is 2. The van der Waals surface area contributed by atoms with E-state index < -0.39 is 0 Å². The van der Waals surface area contributed by atoms with Gasteiger partial charge in [0, 0.05) is 30.1 Å². The second-order valence-corrected chi connectivity index (χ2v) is 4.67. The predicted molar refractivity (Wildman–Crippen MR) is 62.4 cm³/mol. The Kier molecular flexibility index (Phi) is 3.21. The topological polar surface area (TPSA) is 15.3 Å². The van der Waals surface area contributed by atoms with Crippen LogP contribution in [0.5, 0.6) is 0 Å². The van der Waals surface area contributed by atoms with E-state index in [1.54, 1.807) is 0 Å². The molecule has 1 aliphatic rings. The monoisotopic (exact) mass is 254 g/mol. The lowest BCUT2D eigenvalue weighted by Gasteiger charge is -2.33. The Bertz CT molecular complexity index is 314. The minimum Gasteiger partial charge on any atom is -0.314 e. The van der Waals surface area contributed by atoms with E-state index in [1.165, 1.54) is 5.56 Å². The number of nitrogens with zero attached hydrogens (tertiary/aromatic N) is 1. The third-order valence-corrected chi connectivity index (χ3v) is 3.24. The quantitative estimate of drug-likeness (QED) is 0.826.